The standard InChI is InChI=1S/C15H13N3O/c1-11-4-2-6-13(8-11)18-15(19)9-14(17-18)12-5-3-7-16-10-12/h2-8,10H,9H2,1H3. The molecule has 1 aromatic heterocycles. The van der Waals surface area contributed by atoms with Gasteiger partial charge in [0.2, 0.25) is 0 Å². The van der Waals surface area contributed by atoms with Crippen molar-refractivity contribution in [3.05, 3.63) is 59.9 Å². The zero-order valence-corrected chi connectivity index (χ0v) is 10.6. The Morgan fingerprint density at radius 1 is 1.21 bits per heavy atom. The first-order valence-corrected chi connectivity index (χ1v) is 6.11. The molecule has 1 amide bonds. The Morgan fingerprint density at radius 3 is 2.84 bits per heavy atom. The maximum Gasteiger partial charge on any atom is 0.253 e. The number of amides is 1. The Kier molecular flexibility index (Phi) is 2.83. The molecule has 94 valence electrons. The smallest absolute Gasteiger partial charge is 0.253 e. The van der Waals surface area contributed by atoms with Crippen molar-refractivity contribution in [2.24, 2.45) is 5.10 Å². The molecule has 0 N–H and O–H groups in total. The summed E-state index contributed by atoms with van der Waals surface area (Å²) in [7, 11) is 0. The van der Waals surface area contributed by atoms with E-state index in [4.69, 9.17) is 0 Å². The number of hydrazone groups is 1. The summed E-state index contributed by atoms with van der Waals surface area (Å²) < 4.78 is 0. The van der Waals surface area contributed by atoms with Crippen molar-refractivity contribution in [2.45, 2.75) is 13.3 Å². The molecular weight excluding hydrogens is 238 g/mol. The molecule has 19 heavy (non-hydrogen) atoms. The molecule has 0 saturated heterocycles. The zero-order valence-electron chi connectivity index (χ0n) is 10.6. The van der Waals surface area contributed by atoms with Crippen LogP contribution in [0.15, 0.2) is 53.9 Å². The highest BCUT2D eigenvalue weighted by Gasteiger charge is 2.26. The van der Waals surface area contributed by atoms with Gasteiger partial charge in [0.05, 0.1) is 17.8 Å². The van der Waals surface area contributed by atoms with E-state index in [1.165, 1.54) is 5.01 Å². The van der Waals surface area contributed by atoms with Gasteiger partial charge in [-0.25, -0.2) is 5.01 Å². The summed E-state index contributed by atoms with van der Waals surface area (Å²) in [5, 5.41) is 5.88. The SMILES string of the molecule is Cc1cccc(N2N=C(c3cccnc3)CC2=O)c1. The molecule has 2 heterocycles. The van der Waals surface area contributed by atoms with E-state index < -0.39 is 0 Å². The van der Waals surface area contributed by atoms with Gasteiger partial charge in [0.15, 0.2) is 0 Å². The highest BCUT2D eigenvalue weighted by molar-refractivity contribution is 6.19. The second-order valence-corrected chi connectivity index (χ2v) is 4.51. The predicted octanol–water partition coefficient (Wildman–Crippen LogP) is 2.53. The second-order valence-electron chi connectivity index (χ2n) is 4.51. The first-order valence-electron chi connectivity index (χ1n) is 6.11. The van der Waals surface area contributed by atoms with Crippen LogP contribution in [0.1, 0.15) is 17.5 Å². The maximum absolute atomic E-state index is 12.1. The summed E-state index contributed by atoms with van der Waals surface area (Å²) in [6, 6.07) is 11.5. The minimum absolute atomic E-state index is 0.00977. The Balaban J connectivity index is 1.96. The molecule has 4 nitrogen and oxygen atoms in total. The highest BCUT2D eigenvalue weighted by Crippen LogP contribution is 2.23. The van der Waals surface area contributed by atoms with Crippen molar-refractivity contribution in [2.75, 3.05) is 5.01 Å². The molecule has 1 aromatic carbocycles. The second kappa shape index (κ2) is 4.65. The van der Waals surface area contributed by atoms with Crippen LogP contribution in [0.2, 0.25) is 0 Å². The van der Waals surface area contributed by atoms with Gasteiger partial charge >= 0.3 is 0 Å². The number of carbonyl (C=O) groups is 1. The number of anilines is 1. The molecule has 0 fully saturated rings. The lowest BCUT2D eigenvalue weighted by Crippen LogP contribution is -2.19. The van der Waals surface area contributed by atoms with Crippen molar-refractivity contribution in [1.82, 2.24) is 4.98 Å². The van der Waals surface area contributed by atoms with Crippen molar-refractivity contribution < 1.29 is 4.79 Å². The van der Waals surface area contributed by atoms with Crippen LogP contribution in [0.25, 0.3) is 0 Å². The van der Waals surface area contributed by atoms with Crippen LogP contribution in [0.3, 0.4) is 0 Å². The zero-order chi connectivity index (χ0) is 13.2. The van der Waals surface area contributed by atoms with E-state index in [9.17, 15) is 4.79 Å². The van der Waals surface area contributed by atoms with Gasteiger partial charge in [-0.05, 0) is 36.8 Å². The average molecular weight is 251 g/mol. The highest BCUT2D eigenvalue weighted by atomic mass is 16.2. The summed E-state index contributed by atoms with van der Waals surface area (Å²) in [5.41, 5.74) is 3.57. The van der Waals surface area contributed by atoms with E-state index in [1.54, 1.807) is 12.4 Å². The van der Waals surface area contributed by atoms with Crippen LogP contribution in [-0.2, 0) is 4.79 Å². The Bertz CT molecular complexity index is 649. The largest absolute Gasteiger partial charge is 0.272 e. The van der Waals surface area contributed by atoms with Gasteiger partial charge in [-0.3, -0.25) is 9.78 Å². The number of benzene rings is 1. The summed E-state index contributed by atoms with van der Waals surface area (Å²) >= 11 is 0. The Morgan fingerprint density at radius 2 is 2.11 bits per heavy atom. The summed E-state index contributed by atoms with van der Waals surface area (Å²) in [4.78, 5) is 16.1. The average Bonchev–Trinajstić information content (AvgIpc) is 2.82. The third-order valence-electron chi connectivity index (χ3n) is 3.02. The molecular formula is C15H13N3O. The fraction of sp³-hybridized carbons (Fsp3) is 0.133. The minimum Gasteiger partial charge on any atom is -0.272 e. The number of pyridine rings is 1. The lowest BCUT2D eigenvalue weighted by Gasteiger charge is -2.11. The van der Waals surface area contributed by atoms with Crippen LogP contribution < -0.4 is 5.01 Å². The molecule has 0 unspecified atom stereocenters. The van der Waals surface area contributed by atoms with Gasteiger partial charge in [0, 0.05) is 18.0 Å². The molecule has 0 atom stereocenters. The number of aryl methyl sites for hydroxylation is 1. The summed E-state index contributed by atoms with van der Waals surface area (Å²) in [6.45, 7) is 2.00. The van der Waals surface area contributed by atoms with E-state index in [2.05, 4.69) is 10.1 Å². The molecule has 1 aliphatic rings. The van der Waals surface area contributed by atoms with Gasteiger partial charge in [-0.1, -0.05) is 12.1 Å². The van der Waals surface area contributed by atoms with Gasteiger partial charge in [0.25, 0.3) is 5.91 Å². The molecule has 3 rings (SSSR count). The van der Waals surface area contributed by atoms with E-state index >= 15 is 0 Å². The number of nitrogens with zero attached hydrogens (tertiary/aromatic N) is 3. The Labute approximate surface area is 111 Å². The number of hydrogen-bond donors (Lipinski definition) is 0. The number of hydrogen-bond acceptors (Lipinski definition) is 3. The van der Waals surface area contributed by atoms with Gasteiger partial charge < -0.3 is 0 Å². The molecule has 0 aliphatic carbocycles. The van der Waals surface area contributed by atoms with Crippen LogP contribution in [0.4, 0.5) is 5.69 Å². The maximum atomic E-state index is 12.1. The molecule has 0 spiro atoms. The van der Waals surface area contributed by atoms with Crippen molar-refractivity contribution >= 4 is 17.3 Å². The molecule has 0 saturated carbocycles. The van der Waals surface area contributed by atoms with E-state index in [1.807, 2.05) is 43.3 Å². The van der Waals surface area contributed by atoms with Gasteiger partial charge in [-0.15, -0.1) is 0 Å². The van der Waals surface area contributed by atoms with E-state index in [0.29, 0.717) is 6.42 Å². The fourth-order valence-corrected chi connectivity index (χ4v) is 2.08. The summed E-state index contributed by atoms with van der Waals surface area (Å²) in [6.07, 6.45) is 3.75. The minimum atomic E-state index is -0.00977. The summed E-state index contributed by atoms with van der Waals surface area (Å²) in [5.74, 6) is -0.00977. The van der Waals surface area contributed by atoms with Crippen molar-refractivity contribution in [3.8, 4) is 0 Å². The van der Waals surface area contributed by atoms with E-state index in [-0.39, 0.29) is 5.91 Å². The molecule has 2 aromatic rings. The van der Waals surface area contributed by atoms with Crippen LogP contribution in [0, 0.1) is 6.92 Å². The molecule has 0 bridgehead atoms. The predicted molar refractivity (Wildman–Crippen MR) is 74.1 cm³/mol. The number of rotatable bonds is 2. The fourth-order valence-electron chi connectivity index (χ4n) is 2.08. The van der Waals surface area contributed by atoms with Crippen LogP contribution in [0.5, 0.6) is 0 Å². The lowest BCUT2D eigenvalue weighted by molar-refractivity contribution is -0.116. The molecule has 0 radical (unpaired) electrons. The van der Waals surface area contributed by atoms with Crippen LogP contribution >= 0.6 is 0 Å². The topological polar surface area (TPSA) is 45.6 Å². The number of aromatic nitrogens is 1. The third kappa shape index (κ3) is 2.25. The lowest BCUT2D eigenvalue weighted by atomic mass is 10.1. The van der Waals surface area contributed by atoms with Gasteiger partial charge in [-0.2, -0.15) is 5.10 Å². The van der Waals surface area contributed by atoms with Gasteiger partial charge in [0.1, 0.15) is 0 Å². The monoisotopic (exact) mass is 251 g/mol. The third-order valence-corrected chi connectivity index (χ3v) is 3.02. The van der Waals surface area contributed by atoms with Crippen molar-refractivity contribution in [1.29, 1.82) is 0 Å². The van der Waals surface area contributed by atoms with Crippen LogP contribution in [-0.4, -0.2) is 16.6 Å². The Hall–Kier alpha value is -2.49. The van der Waals surface area contributed by atoms with E-state index in [0.717, 1.165) is 22.5 Å². The van der Waals surface area contributed by atoms with Crippen molar-refractivity contribution in [3.63, 3.8) is 0 Å². The first kappa shape index (κ1) is 11.6. The number of carbonyl (C=O) groups excluding carboxylic acids is 1. The quantitative estimate of drug-likeness (QED) is 0.823. The normalized spacial score (nSPS) is 14.7. The molecule has 4 heteroatoms. The molecule has 1 aliphatic heterocycles. The first-order chi connectivity index (χ1) is 9.24.